The van der Waals surface area contributed by atoms with E-state index in [9.17, 15) is 14.4 Å². The zero-order valence-corrected chi connectivity index (χ0v) is 55.5. The highest BCUT2D eigenvalue weighted by molar-refractivity contribution is 5.71. The Balaban J connectivity index is 4.32. The lowest BCUT2D eigenvalue weighted by Gasteiger charge is -2.18. The average Bonchev–Trinajstić information content (AvgIpc) is 3.49. The molecule has 1 unspecified atom stereocenters. The van der Waals surface area contributed by atoms with E-state index in [1.54, 1.807) is 0 Å². The Hall–Kier alpha value is -3.15. The molecule has 0 aliphatic rings. The smallest absolute Gasteiger partial charge is 0.306 e. The van der Waals surface area contributed by atoms with E-state index < -0.39 is 6.10 Å². The Kier molecular flexibility index (Phi) is 68.6. The maximum Gasteiger partial charge on any atom is 0.306 e. The number of carbonyl (C=O) groups excluding carboxylic acids is 3. The lowest BCUT2D eigenvalue weighted by Crippen LogP contribution is -2.30. The molecule has 0 rings (SSSR count). The highest BCUT2D eigenvalue weighted by Crippen LogP contribution is 2.18. The molecule has 0 saturated heterocycles. The van der Waals surface area contributed by atoms with Crippen molar-refractivity contribution >= 4 is 17.9 Å². The molecule has 0 amide bonds. The van der Waals surface area contributed by atoms with Gasteiger partial charge in [0.15, 0.2) is 6.10 Å². The summed E-state index contributed by atoms with van der Waals surface area (Å²) >= 11 is 0. The fraction of sp³-hybridized carbons (Fsp3) is 0.805. The predicted molar refractivity (Wildman–Crippen MR) is 362 cm³/mol. The highest BCUT2D eigenvalue weighted by atomic mass is 16.6. The fourth-order valence-corrected chi connectivity index (χ4v) is 10.8. The summed E-state index contributed by atoms with van der Waals surface area (Å²) < 4.78 is 17.0. The summed E-state index contributed by atoms with van der Waals surface area (Å²) in [7, 11) is 0. The van der Waals surface area contributed by atoms with Crippen molar-refractivity contribution in [2.45, 2.75) is 386 Å². The van der Waals surface area contributed by atoms with E-state index >= 15 is 0 Å². The normalized spacial score (nSPS) is 12.5. The van der Waals surface area contributed by atoms with Crippen molar-refractivity contribution < 1.29 is 28.6 Å². The van der Waals surface area contributed by atoms with Crippen LogP contribution < -0.4 is 0 Å². The van der Waals surface area contributed by atoms with Crippen LogP contribution in [-0.4, -0.2) is 37.2 Å². The second kappa shape index (κ2) is 71.3. The van der Waals surface area contributed by atoms with Gasteiger partial charge in [0.1, 0.15) is 13.2 Å². The van der Waals surface area contributed by atoms with E-state index in [0.29, 0.717) is 19.3 Å². The fourth-order valence-electron chi connectivity index (χ4n) is 10.8. The van der Waals surface area contributed by atoms with Crippen LogP contribution in [0.1, 0.15) is 380 Å². The molecule has 0 N–H and O–H groups in total. The van der Waals surface area contributed by atoms with Gasteiger partial charge in [-0.15, -0.1) is 0 Å². The number of ether oxygens (including phenoxy) is 3. The zero-order chi connectivity index (χ0) is 59.9. The van der Waals surface area contributed by atoms with Crippen molar-refractivity contribution in [3.05, 3.63) is 72.9 Å². The minimum Gasteiger partial charge on any atom is -0.462 e. The largest absolute Gasteiger partial charge is 0.462 e. The Bertz CT molecular complexity index is 1520. The molecule has 0 heterocycles. The number of unbranched alkanes of at least 4 members (excludes halogenated alkanes) is 44. The van der Waals surface area contributed by atoms with Gasteiger partial charge >= 0.3 is 17.9 Å². The molecule has 0 fully saturated rings. The summed E-state index contributed by atoms with van der Waals surface area (Å²) in [5, 5.41) is 0. The second-order valence-corrected chi connectivity index (χ2v) is 24.5. The van der Waals surface area contributed by atoms with Crippen molar-refractivity contribution in [2.24, 2.45) is 0 Å². The number of rotatable bonds is 67. The Morgan fingerprint density at radius 3 is 0.735 bits per heavy atom. The van der Waals surface area contributed by atoms with E-state index in [1.807, 2.05) is 0 Å². The average molecular weight is 1160 g/mol. The molecule has 1 atom stereocenters. The van der Waals surface area contributed by atoms with Gasteiger partial charge in [-0.1, -0.05) is 344 Å². The van der Waals surface area contributed by atoms with Crippen LogP contribution >= 0.6 is 0 Å². The van der Waals surface area contributed by atoms with E-state index in [4.69, 9.17) is 14.2 Å². The molecule has 0 aromatic rings. The monoisotopic (exact) mass is 1160 g/mol. The Labute approximate surface area is 516 Å². The number of hydrogen-bond donors (Lipinski definition) is 0. The maximum absolute atomic E-state index is 13.0. The third-order valence-electron chi connectivity index (χ3n) is 16.2. The molecule has 0 aliphatic carbocycles. The maximum atomic E-state index is 13.0. The zero-order valence-electron chi connectivity index (χ0n) is 55.5. The van der Waals surface area contributed by atoms with Gasteiger partial charge in [0.2, 0.25) is 0 Å². The van der Waals surface area contributed by atoms with Crippen molar-refractivity contribution in [1.82, 2.24) is 0 Å². The molecule has 83 heavy (non-hydrogen) atoms. The van der Waals surface area contributed by atoms with Crippen LogP contribution in [-0.2, 0) is 28.6 Å². The minimum atomic E-state index is -0.778. The third-order valence-corrected chi connectivity index (χ3v) is 16.2. The molecule has 0 aromatic carbocycles. The van der Waals surface area contributed by atoms with Crippen molar-refractivity contribution in [1.29, 1.82) is 0 Å². The van der Waals surface area contributed by atoms with Gasteiger partial charge < -0.3 is 14.2 Å². The molecule has 6 heteroatoms. The van der Waals surface area contributed by atoms with Gasteiger partial charge in [0.25, 0.3) is 0 Å². The van der Waals surface area contributed by atoms with Crippen LogP contribution in [0.5, 0.6) is 0 Å². The Morgan fingerprint density at radius 2 is 0.470 bits per heavy atom. The lowest BCUT2D eigenvalue weighted by molar-refractivity contribution is -0.167. The molecular formula is C77H138O6. The van der Waals surface area contributed by atoms with E-state index in [0.717, 1.165) is 89.9 Å². The van der Waals surface area contributed by atoms with E-state index in [1.165, 1.54) is 250 Å². The Morgan fingerprint density at radius 1 is 0.253 bits per heavy atom. The second-order valence-electron chi connectivity index (χ2n) is 24.5. The summed E-state index contributed by atoms with van der Waals surface area (Å²) in [6.07, 6.45) is 93.5. The van der Waals surface area contributed by atoms with Gasteiger partial charge in [-0.2, -0.15) is 0 Å². The summed E-state index contributed by atoms with van der Waals surface area (Å²) in [6.45, 7) is 6.58. The number of esters is 3. The SMILES string of the molecule is CC/C=C\C/C=C\C/C=C\C/C=C\CCCCCCCCCCCCC(=O)OC(COC(=O)CCCCCCCCCCCCCCC/C=C\C/C=C\CCCCCCC)COC(=O)CCCCCCCCCCCCCCCCCCC. The van der Waals surface area contributed by atoms with Gasteiger partial charge in [0.05, 0.1) is 0 Å². The first-order chi connectivity index (χ1) is 41.0. The lowest BCUT2D eigenvalue weighted by atomic mass is 10.0. The molecule has 0 spiro atoms. The molecule has 0 saturated carbocycles. The molecule has 0 bridgehead atoms. The van der Waals surface area contributed by atoms with Crippen molar-refractivity contribution in [3.63, 3.8) is 0 Å². The number of allylic oxidation sites excluding steroid dienone is 12. The first kappa shape index (κ1) is 79.8. The van der Waals surface area contributed by atoms with Crippen LogP contribution in [0.2, 0.25) is 0 Å². The predicted octanol–water partition coefficient (Wildman–Crippen LogP) is 25.2. The van der Waals surface area contributed by atoms with Crippen molar-refractivity contribution in [3.8, 4) is 0 Å². The van der Waals surface area contributed by atoms with Gasteiger partial charge in [0, 0.05) is 19.3 Å². The molecule has 482 valence electrons. The highest BCUT2D eigenvalue weighted by Gasteiger charge is 2.19. The number of hydrogen-bond acceptors (Lipinski definition) is 6. The standard InChI is InChI=1S/C77H138O6/c1-4-7-10-13-16-19-22-25-28-31-33-35-37-38-40-41-43-46-49-52-55-58-61-64-67-70-76(79)82-73-74(72-81-75(78)69-66-63-60-57-54-51-48-45-30-27-24-21-18-15-12-9-6-3)83-77(80)71-68-65-62-59-56-53-50-47-44-42-39-36-34-32-29-26-23-20-17-14-11-8-5-2/h8,11,17,20,22,25-26,29,31,33-34,36,74H,4-7,9-10,12-16,18-19,21,23-24,27-28,30,32,35,37-73H2,1-3H3/b11-8-,20-17-,25-22-,29-26-,33-31-,36-34-. The first-order valence-electron chi connectivity index (χ1n) is 36.4. The summed E-state index contributed by atoms with van der Waals surface area (Å²) in [6, 6.07) is 0. The van der Waals surface area contributed by atoms with Crippen molar-refractivity contribution in [2.75, 3.05) is 13.2 Å². The quantitative estimate of drug-likeness (QED) is 0.0261. The summed E-state index contributed by atoms with van der Waals surface area (Å²) in [4.78, 5) is 38.5. The first-order valence-corrected chi connectivity index (χ1v) is 36.4. The van der Waals surface area contributed by atoms with E-state index in [-0.39, 0.29) is 31.1 Å². The molecule has 0 aromatic heterocycles. The molecule has 0 radical (unpaired) electrons. The minimum absolute atomic E-state index is 0.0725. The van der Waals surface area contributed by atoms with Crippen LogP contribution in [0.25, 0.3) is 0 Å². The molecule has 0 aliphatic heterocycles. The van der Waals surface area contributed by atoms with Crippen LogP contribution in [0.4, 0.5) is 0 Å². The van der Waals surface area contributed by atoms with Gasteiger partial charge in [-0.05, 0) is 89.9 Å². The summed E-state index contributed by atoms with van der Waals surface area (Å²) in [5.74, 6) is -0.852. The van der Waals surface area contributed by atoms with Crippen LogP contribution in [0, 0.1) is 0 Å². The van der Waals surface area contributed by atoms with Crippen LogP contribution in [0.15, 0.2) is 72.9 Å². The van der Waals surface area contributed by atoms with Gasteiger partial charge in [-0.3, -0.25) is 14.4 Å². The molecule has 6 nitrogen and oxygen atoms in total. The van der Waals surface area contributed by atoms with E-state index in [2.05, 4.69) is 93.7 Å². The van der Waals surface area contributed by atoms with Crippen LogP contribution in [0.3, 0.4) is 0 Å². The molecular weight excluding hydrogens is 1020 g/mol. The summed E-state index contributed by atoms with van der Waals surface area (Å²) in [5.41, 5.74) is 0. The number of carbonyl (C=O) groups is 3. The van der Waals surface area contributed by atoms with Gasteiger partial charge in [-0.25, -0.2) is 0 Å². The third kappa shape index (κ3) is 69.5. The topological polar surface area (TPSA) is 78.9 Å².